The lowest BCUT2D eigenvalue weighted by molar-refractivity contribution is 0.0547. The fraction of sp³-hybridized carbons (Fsp3) is 1.00. The lowest BCUT2D eigenvalue weighted by Gasteiger charge is -2.44. The molecule has 1 aliphatic rings. The van der Waals surface area contributed by atoms with Gasteiger partial charge in [-0.05, 0) is 70.9 Å². The van der Waals surface area contributed by atoms with E-state index in [1.807, 2.05) is 0 Å². The number of rotatable bonds is 6. The second-order valence-electron chi connectivity index (χ2n) is 6.47. The van der Waals surface area contributed by atoms with Gasteiger partial charge in [0.25, 0.3) is 0 Å². The zero-order valence-corrected chi connectivity index (χ0v) is 12.2. The molecule has 0 aliphatic carbocycles. The van der Waals surface area contributed by atoms with E-state index in [1.165, 1.54) is 45.4 Å². The third-order valence-electron chi connectivity index (χ3n) is 4.25. The Bertz CT molecular complexity index is 214. The molecule has 3 heteroatoms. The first-order valence-corrected chi connectivity index (χ1v) is 7.03. The fourth-order valence-electron chi connectivity index (χ4n) is 2.80. The lowest BCUT2D eigenvalue weighted by atomic mass is 9.72. The van der Waals surface area contributed by atoms with Gasteiger partial charge in [-0.1, -0.05) is 13.8 Å². The summed E-state index contributed by atoms with van der Waals surface area (Å²) >= 11 is 0. The van der Waals surface area contributed by atoms with E-state index in [-0.39, 0.29) is 0 Å². The van der Waals surface area contributed by atoms with Crippen LogP contribution in [0.1, 0.15) is 33.1 Å². The van der Waals surface area contributed by atoms with Crippen molar-refractivity contribution in [2.24, 2.45) is 17.1 Å². The topological polar surface area (TPSA) is 32.5 Å². The number of hydrogen-bond acceptors (Lipinski definition) is 3. The SMILES string of the molecule is CN(C)CCCN1CCC(C)(C)C(CCN)C1. The zero-order chi connectivity index (χ0) is 12.9. The molecule has 0 aromatic rings. The molecule has 1 aliphatic heterocycles. The summed E-state index contributed by atoms with van der Waals surface area (Å²) in [5.74, 6) is 0.778. The normalized spacial score (nSPS) is 25.4. The van der Waals surface area contributed by atoms with Crippen LogP contribution in [0.5, 0.6) is 0 Å². The lowest BCUT2D eigenvalue weighted by Crippen LogP contribution is -2.46. The van der Waals surface area contributed by atoms with Crippen LogP contribution in [0.3, 0.4) is 0 Å². The van der Waals surface area contributed by atoms with Gasteiger partial charge in [-0.3, -0.25) is 0 Å². The number of nitrogens with zero attached hydrogens (tertiary/aromatic N) is 2. The highest BCUT2D eigenvalue weighted by Crippen LogP contribution is 2.37. The molecule has 0 radical (unpaired) electrons. The molecule has 1 rings (SSSR count). The van der Waals surface area contributed by atoms with E-state index in [2.05, 4.69) is 37.7 Å². The third-order valence-corrected chi connectivity index (χ3v) is 4.25. The van der Waals surface area contributed by atoms with E-state index < -0.39 is 0 Å². The Kier molecular flexibility index (Phi) is 5.90. The minimum atomic E-state index is 0.484. The van der Waals surface area contributed by atoms with Gasteiger partial charge in [0.05, 0.1) is 0 Å². The second-order valence-corrected chi connectivity index (χ2v) is 6.47. The molecule has 0 spiro atoms. The van der Waals surface area contributed by atoms with Crippen molar-refractivity contribution >= 4 is 0 Å². The zero-order valence-electron chi connectivity index (χ0n) is 12.2. The maximum Gasteiger partial charge on any atom is 0.00153 e. The van der Waals surface area contributed by atoms with Crippen molar-refractivity contribution < 1.29 is 0 Å². The fourth-order valence-corrected chi connectivity index (χ4v) is 2.80. The van der Waals surface area contributed by atoms with Crippen LogP contribution in [0.4, 0.5) is 0 Å². The van der Waals surface area contributed by atoms with Gasteiger partial charge in [0, 0.05) is 6.54 Å². The number of likely N-dealkylation sites (tertiary alicyclic amines) is 1. The van der Waals surface area contributed by atoms with Gasteiger partial charge in [-0.15, -0.1) is 0 Å². The molecule has 0 bridgehead atoms. The van der Waals surface area contributed by atoms with E-state index in [0.717, 1.165) is 12.5 Å². The van der Waals surface area contributed by atoms with E-state index in [9.17, 15) is 0 Å². The van der Waals surface area contributed by atoms with E-state index >= 15 is 0 Å². The first-order valence-electron chi connectivity index (χ1n) is 7.03. The molecule has 102 valence electrons. The van der Waals surface area contributed by atoms with Gasteiger partial charge < -0.3 is 15.5 Å². The van der Waals surface area contributed by atoms with Crippen molar-refractivity contribution in [3.8, 4) is 0 Å². The third kappa shape index (κ3) is 4.94. The van der Waals surface area contributed by atoms with Crippen LogP contribution in [0.15, 0.2) is 0 Å². The van der Waals surface area contributed by atoms with E-state index in [4.69, 9.17) is 5.73 Å². The summed E-state index contributed by atoms with van der Waals surface area (Å²) in [6, 6.07) is 0. The Hall–Kier alpha value is -0.120. The van der Waals surface area contributed by atoms with Crippen molar-refractivity contribution in [2.45, 2.75) is 33.1 Å². The summed E-state index contributed by atoms with van der Waals surface area (Å²) in [4.78, 5) is 4.90. The number of nitrogens with two attached hydrogens (primary N) is 1. The van der Waals surface area contributed by atoms with Crippen molar-refractivity contribution in [2.75, 3.05) is 46.8 Å². The molecule has 1 saturated heterocycles. The Balaban J connectivity index is 2.35. The Labute approximate surface area is 107 Å². The smallest absolute Gasteiger partial charge is 0.00153 e. The van der Waals surface area contributed by atoms with E-state index in [0.29, 0.717) is 5.41 Å². The first-order chi connectivity index (χ1) is 7.95. The van der Waals surface area contributed by atoms with Crippen LogP contribution in [-0.2, 0) is 0 Å². The van der Waals surface area contributed by atoms with Crippen molar-refractivity contribution in [1.82, 2.24) is 9.80 Å². The highest BCUT2D eigenvalue weighted by atomic mass is 15.1. The highest BCUT2D eigenvalue weighted by molar-refractivity contribution is 4.86. The minimum Gasteiger partial charge on any atom is -0.330 e. The molecule has 0 saturated carbocycles. The first kappa shape index (κ1) is 14.9. The predicted octanol–water partition coefficient (Wildman–Crippen LogP) is 1.64. The van der Waals surface area contributed by atoms with Crippen LogP contribution in [0.25, 0.3) is 0 Å². The van der Waals surface area contributed by atoms with Crippen molar-refractivity contribution in [3.63, 3.8) is 0 Å². The molecular formula is C14H31N3. The van der Waals surface area contributed by atoms with Gasteiger partial charge in [0.15, 0.2) is 0 Å². The number of hydrogen-bond donors (Lipinski definition) is 1. The van der Waals surface area contributed by atoms with Gasteiger partial charge >= 0.3 is 0 Å². The molecule has 0 aromatic heterocycles. The molecule has 1 atom stereocenters. The Morgan fingerprint density at radius 3 is 2.65 bits per heavy atom. The van der Waals surface area contributed by atoms with Crippen LogP contribution in [0.2, 0.25) is 0 Å². The molecule has 1 fully saturated rings. The number of piperidine rings is 1. The Morgan fingerprint density at radius 2 is 2.06 bits per heavy atom. The van der Waals surface area contributed by atoms with Gasteiger partial charge in [0.2, 0.25) is 0 Å². The average molecular weight is 241 g/mol. The standard InChI is InChI=1S/C14H31N3/c1-14(2)7-11-17(10-5-9-16(3)4)12-13(14)6-8-15/h13H,5-12,15H2,1-4H3. The monoisotopic (exact) mass is 241 g/mol. The molecule has 1 unspecified atom stereocenters. The summed E-state index contributed by atoms with van der Waals surface area (Å²) in [6.45, 7) is 10.6. The van der Waals surface area contributed by atoms with Crippen molar-refractivity contribution in [3.05, 3.63) is 0 Å². The minimum absolute atomic E-state index is 0.484. The second kappa shape index (κ2) is 6.72. The molecule has 2 N–H and O–H groups in total. The maximum atomic E-state index is 5.74. The predicted molar refractivity (Wildman–Crippen MR) is 75.2 cm³/mol. The van der Waals surface area contributed by atoms with Gasteiger partial charge in [0.1, 0.15) is 0 Å². The van der Waals surface area contributed by atoms with Crippen LogP contribution in [-0.4, -0.2) is 56.6 Å². The average Bonchev–Trinajstić information content (AvgIpc) is 2.23. The summed E-state index contributed by atoms with van der Waals surface area (Å²) in [5, 5.41) is 0. The van der Waals surface area contributed by atoms with Crippen molar-refractivity contribution in [1.29, 1.82) is 0 Å². The molecule has 0 aromatic carbocycles. The summed E-state index contributed by atoms with van der Waals surface area (Å²) in [6.07, 6.45) is 3.78. The quantitative estimate of drug-likeness (QED) is 0.767. The maximum absolute atomic E-state index is 5.74. The van der Waals surface area contributed by atoms with Crippen LogP contribution in [0, 0.1) is 11.3 Å². The van der Waals surface area contributed by atoms with E-state index in [1.54, 1.807) is 0 Å². The largest absolute Gasteiger partial charge is 0.330 e. The van der Waals surface area contributed by atoms with Crippen LogP contribution >= 0.6 is 0 Å². The molecule has 17 heavy (non-hydrogen) atoms. The summed E-state index contributed by atoms with van der Waals surface area (Å²) in [7, 11) is 4.30. The molecular weight excluding hydrogens is 210 g/mol. The Morgan fingerprint density at radius 1 is 1.35 bits per heavy atom. The highest BCUT2D eigenvalue weighted by Gasteiger charge is 2.34. The van der Waals surface area contributed by atoms with Gasteiger partial charge in [-0.25, -0.2) is 0 Å². The van der Waals surface area contributed by atoms with Crippen LogP contribution < -0.4 is 5.73 Å². The molecule has 1 heterocycles. The molecule has 0 amide bonds. The summed E-state index contributed by atoms with van der Waals surface area (Å²) < 4.78 is 0. The molecule has 3 nitrogen and oxygen atoms in total. The summed E-state index contributed by atoms with van der Waals surface area (Å²) in [5.41, 5.74) is 6.22. The van der Waals surface area contributed by atoms with Gasteiger partial charge in [-0.2, -0.15) is 0 Å².